The first-order valence-corrected chi connectivity index (χ1v) is 4.53. The Morgan fingerprint density at radius 1 is 1.15 bits per heavy atom. The topological polar surface area (TPSA) is 61.3 Å². The minimum atomic E-state index is -0.153. The second-order valence-corrected chi connectivity index (χ2v) is 2.69. The number of ether oxygens (including phenoxy) is 1. The molecule has 0 atom stereocenters. The maximum absolute atomic E-state index is 11.3. The van der Waals surface area contributed by atoms with E-state index in [2.05, 4.69) is 0 Å². The van der Waals surface area contributed by atoms with E-state index in [-0.39, 0.29) is 12.1 Å². The van der Waals surface area contributed by atoms with E-state index in [0.29, 0.717) is 6.61 Å². The molecule has 0 saturated heterocycles. The van der Waals surface area contributed by atoms with Gasteiger partial charge in [0.2, 0.25) is 0 Å². The number of hydrogen-bond donors (Lipinski definition) is 1. The molecule has 0 aliphatic carbocycles. The zero-order chi connectivity index (χ0) is 9.56. The Morgan fingerprint density at radius 2 is 1.69 bits per heavy atom. The highest BCUT2D eigenvalue weighted by atomic mass is 16.5. The first kappa shape index (κ1) is 14.7. The van der Waals surface area contributed by atoms with E-state index in [4.69, 9.17) is 4.74 Å². The summed E-state index contributed by atoms with van der Waals surface area (Å²) in [5.74, 6) is -0.153. The summed E-state index contributed by atoms with van der Waals surface area (Å²) < 4.78 is 4.92. The van der Waals surface area contributed by atoms with Crippen LogP contribution in [0.4, 0.5) is 0 Å². The molecule has 0 aromatic carbocycles. The van der Waals surface area contributed by atoms with Crippen LogP contribution in [0.25, 0.3) is 0 Å². The van der Waals surface area contributed by atoms with Crippen LogP contribution < -0.4 is 6.15 Å². The smallest absolute Gasteiger partial charge is 0.333 e. The van der Waals surface area contributed by atoms with Crippen molar-refractivity contribution in [3.63, 3.8) is 0 Å². The molecule has 0 amide bonds. The summed E-state index contributed by atoms with van der Waals surface area (Å²) in [6.45, 7) is 8.29. The van der Waals surface area contributed by atoms with Gasteiger partial charge < -0.3 is 10.9 Å². The van der Waals surface area contributed by atoms with Gasteiger partial charge in [0.25, 0.3) is 0 Å². The third kappa shape index (κ3) is 4.68. The molecule has 0 aromatic heterocycles. The van der Waals surface area contributed by atoms with Gasteiger partial charge in [0.1, 0.15) is 0 Å². The van der Waals surface area contributed by atoms with Crippen molar-refractivity contribution in [2.24, 2.45) is 0 Å². The summed E-state index contributed by atoms with van der Waals surface area (Å²) in [4.78, 5) is 11.3. The lowest BCUT2D eigenvalue weighted by Gasteiger charge is -2.07. The van der Waals surface area contributed by atoms with Gasteiger partial charge in [0, 0.05) is 5.57 Å². The average molecular weight is 187 g/mol. The van der Waals surface area contributed by atoms with Crippen LogP contribution in [0.5, 0.6) is 0 Å². The van der Waals surface area contributed by atoms with Crippen LogP contribution >= 0.6 is 0 Å². The lowest BCUT2D eigenvalue weighted by Crippen LogP contribution is -2.08. The molecule has 0 aromatic rings. The van der Waals surface area contributed by atoms with E-state index in [1.54, 1.807) is 0 Å². The van der Waals surface area contributed by atoms with Crippen LogP contribution in [-0.2, 0) is 9.53 Å². The molecule has 0 fully saturated rings. The van der Waals surface area contributed by atoms with Crippen LogP contribution in [0.2, 0.25) is 0 Å². The molecule has 3 nitrogen and oxygen atoms in total. The predicted molar refractivity (Wildman–Crippen MR) is 54.9 cm³/mol. The molecule has 0 aliphatic rings. The Kier molecular flexibility index (Phi) is 8.81. The molecular weight excluding hydrogens is 166 g/mol. The first-order valence-electron chi connectivity index (χ1n) is 4.53. The Morgan fingerprint density at radius 3 is 2.00 bits per heavy atom. The van der Waals surface area contributed by atoms with Crippen LogP contribution in [0.3, 0.4) is 0 Å². The summed E-state index contributed by atoms with van der Waals surface area (Å²) in [6.07, 6.45) is 1.68. The van der Waals surface area contributed by atoms with Crippen LogP contribution in [0.15, 0.2) is 11.1 Å². The van der Waals surface area contributed by atoms with Crippen molar-refractivity contribution in [1.82, 2.24) is 6.15 Å². The minimum Gasteiger partial charge on any atom is -0.463 e. The van der Waals surface area contributed by atoms with Gasteiger partial charge in [-0.2, -0.15) is 0 Å². The van der Waals surface area contributed by atoms with Gasteiger partial charge in [-0.3, -0.25) is 0 Å². The molecule has 3 N–H and O–H groups in total. The molecule has 0 unspecified atom stereocenters. The van der Waals surface area contributed by atoms with Gasteiger partial charge in [0.15, 0.2) is 0 Å². The quantitative estimate of drug-likeness (QED) is 0.543. The number of esters is 1. The van der Waals surface area contributed by atoms with E-state index in [1.807, 2.05) is 27.7 Å². The predicted octanol–water partition coefficient (Wildman–Crippen LogP) is 2.85. The fourth-order valence-electron chi connectivity index (χ4n) is 1.05. The summed E-state index contributed by atoms with van der Waals surface area (Å²) in [5.41, 5.74) is 1.97. The van der Waals surface area contributed by atoms with Crippen molar-refractivity contribution in [3.8, 4) is 0 Å². The SMILES string of the molecule is CCOC(=O)C(CC)=C(C)CC.N. The molecule has 0 spiro atoms. The Bertz CT molecular complexity index is 185. The maximum atomic E-state index is 11.3. The highest BCUT2D eigenvalue weighted by Gasteiger charge is 2.10. The molecule has 0 aliphatic heterocycles. The summed E-state index contributed by atoms with van der Waals surface area (Å²) in [5, 5.41) is 0. The van der Waals surface area contributed by atoms with Crippen LogP contribution in [-0.4, -0.2) is 12.6 Å². The Balaban J connectivity index is 0. The molecule has 0 rings (SSSR count). The zero-order valence-corrected chi connectivity index (χ0v) is 9.14. The van der Waals surface area contributed by atoms with E-state index < -0.39 is 0 Å². The number of allylic oxidation sites excluding steroid dienone is 1. The van der Waals surface area contributed by atoms with Crippen LogP contribution in [0.1, 0.15) is 40.5 Å². The van der Waals surface area contributed by atoms with Crippen molar-refractivity contribution in [2.45, 2.75) is 40.5 Å². The van der Waals surface area contributed by atoms with E-state index in [9.17, 15) is 4.79 Å². The molecule has 0 radical (unpaired) electrons. The number of carbonyl (C=O) groups is 1. The molecular formula is C10H21NO2. The normalized spacial score (nSPS) is 11.4. The van der Waals surface area contributed by atoms with Gasteiger partial charge >= 0.3 is 5.97 Å². The highest BCUT2D eigenvalue weighted by molar-refractivity contribution is 5.89. The summed E-state index contributed by atoms with van der Waals surface area (Å²) in [7, 11) is 0. The molecule has 0 bridgehead atoms. The highest BCUT2D eigenvalue weighted by Crippen LogP contribution is 2.12. The van der Waals surface area contributed by atoms with Gasteiger partial charge in [-0.1, -0.05) is 19.4 Å². The molecule has 78 valence electrons. The zero-order valence-electron chi connectivity index (χ0n) is 9.14. The lowest BCUT2D eigenvalue weighted by atomic mass is 10.1. The minimum absolute atomic E-state index is 0. The third-order valence-corrected chi connectivity index (χ3v) is 1.92. The molecule has 0 heterocycles. The Hall–Kier alpha value is -0.830. The molecule has 3 heteroatoms. The van der Waals surface area contributed by atoms with Crippen molar-refractivity contribution in [1.29, 1.82) is 0 Å². The van der Waals surface area contributed by atoms with E-state index in [0.717, 1.165) is 24.0 Å². The fourth-order valence-corrected chi connectivity index (χ4v) is 1.05. The summed E-state index contributed by atoms with van der Waals surface area (Å²) in [6, 6.07) is 0. The van der Waals surface area contributed by atoms with E-state index in [1.165, 1.54) is 0 Å². The van der Waals surface area contributed by atoms with E-state index >= 15 is 0 Å². The second-order valence-electron chi connectivity index (χ2n) is 2.69. The fraction of sp³-hybridized carbons (Fsp3) is 0.700. The average Bonchev–Trinajstić information content (AvgIpc) is 2.06. The number of rotatable bonds is 4. The largest absolute Gasteiger partial charge is 0.463 e. The van der Waals surface area contributed by atoms with Gasteiger partial charge in [-0.25, -0.2) is 4.79 Å². The Labute approximate surface area is 80.7 Å². The van der Waals surface area contributed by atoms with Crippen molar-refractivity contribution in [2.75, 3.05) is 6.61 Å². The van der Waals surface area contributed by atoms with Crippen molar-refractivity contribution in [3.05, 3.63) is 11.1 Å². The standard InChI is InChI=1S/C10H18O2.H3N/c1-5-8(4)9(6-2)10(11)12-7-3;/h5-7H2,1-4H3;1H3. The van der Waals surface area contributed by atoms with Crippen molar-refractivity contribution >= 4 is 5.97 Å². The lowest BCUT2D eigenvalue weighted by molar-refractivity contribution is -0.138. The monoisotopic (exact) mass is 187 g/mol. The summed E-state index contributed by atoms with van der Waals surface area (Å²) >= 11 is 0. The third-order valence-electron chi connectivity index (χ3n) is 1.92. The second kappa shape index (κ2) is 7.80. The molecule has 0 saturated carbocycles. The maximum Gasteiger partial charge on any atom is 0.333 e. The van der Waals surface area contributed by atoms with Gasteiger partial charge in [-0.15, -0.1) is 0 Å². The van der Waals surface area contributed by atoms with Crippen LogP contribution in [0, 0.1) is 0 Å². The van der Waals surface area contributed by atoms with Gasteiger partial charge in [0.05, 0.1) is 6.61 Å². The molecule has 13 heavy (non-hydrogen) atoms. The van der Waals surface area contributed by atoms with Gasteiger partial charge in [-0.05, 0) is 26.7 Å². The first-order chi connectivity index (χ1) is 5.67. The van der Waals surface area contributed by atoms with Crippen molar-refractivity contribution < 1.29 is 9.53 Å². The number of carbonyl (C=O) groups excluding carboxylic acids is 1. The number of hydrogen-bond acceptors (Lipinski definition) is 3.